The first-order valence-electron chi connectivity index (χ1n) is 11.4. The van der Waals surface area contributed by atoms with E-state index in [0.29, 0.717) is 11.2 Å². The summed E-state index contributed by atoms with van der Waals surface area (Å²) >= 11 is 0. The van der Waals surface area contributed by atoms with Crippen LogP contribution in [0.25, 0.3) is 11.2 Å². The number of imidazole rings is 1. The van der Waals surface area contributed by atoms with Crippen molar-refractivity contribution in [2.45, 2.75) is 44.4 Å². The van der Waals surface area contributed by atoms with Crippen LogP contribution in [-0.4, -0.2) is 73.8 Å². The lowest BCUT2D eigenvalue weighted by molar-refractivity contribution is -0.143. The molecule has 2 aromatic heterocycles. The first-order valence-corrected chi connectivity index (χ1v) is 13.0. The number of carbonyl (C=O) groups excluding carboxylic acids is 1. The minimum Gasteiger partial charge on any atom is -0.468 e. The molecule has 1 saturated heterocycles. The van der Waals surface area contributed by atoms with Crippen molar-refractivity contribution in [1.29, 1.82) is 0 Å². The number of benzene rings is 1. The fourth-order valence-corrected chi connectivity index (χ4v) is 5.47. The number of aromatic nitrogens is 4. The van der Waals surface area contributed by atoms with Gasteiger partial charge in [0.25, 0.3) is 0 Å². The predicted octanol–water partition coefficient (Wildman–Crippen LogP) is 1.02. The number of ether oxygens (including phenoxy) is 2. The largest absolute Gasteiger partial charge is 0.468 e. The molecule has 0 aliphatic carbocycles. The summed E-state index contributed by atoms with van der Waals surface area (Å²) < 4.78 is 37.1. The van der Waals surface area contributed by atoms with Gasteiger partial charge in [-0.25, -0.2) is 19.5 Å². The van der Waals surface area contributed by atoms with Crippen LogP contribution in [0.2, 0.25) is 0 Å². The molecule has 3 aromatic rings. The second-order valence-electron chi connectivity index (χ2n) is 8.70. The highest BCUT2D eigenvalue weighted by Crippen LogP contribution is 2.46. The van der Waals surface area contributed by atoms with Crippen LogP contribution < -0.4 is 15.3 Å². The number of rotatable bonds is 10. The third-order valence-corrected chi connectivity index (χ3v) is 7.33. The molecule has 5 N–H and O–H groups in total. The van der Waals surface area contributed by atoms with Gasteiger partial charge < -0.3 is 29.9 Å². The Morgan fingerprint density at radius 2 is 1.95 bits per heavy atom. The van der Waals surface area contributed by atoms with Crippen molar-refractivity contribution < 1.29 is 38.1 Å². The molecule has 4 rings (SSSR count). The summed E-state index contributed by atoms with van der Waals surface area (Å²) in [6.07, 6.45) is -2.45. The number of methoxy groups -OCH3 is 1. The Bertz CT molecular complexity index is 1270. The fraction of sp³-hybridized carbons (Fsp3) is 0.455. The lowest BCUT2D eigenvalue weighted by atomic mass is 10.1. The number of nitrogens with one attached hydrogen (secondary N) is 1. The third kappa shape index (κ3) is 5.74. The van der Waals surface area contributed by atoms with Crippen molar-refractivity contribution in [2.75, 3.05) is 19.5 Å². The number of anilines is 1. The van der Waals surface area contributed by atoms with Crippen molar-refractivity contribution >= 4 is 30.7 Å². The summed E-state index contributed by atoms with van der Waals surface area (Å²) in [6, 6.07) is 7.22. The molecule has 14 nitrogen and oxygen atoms in total. The molecule has 0 saturated carbocycles. The van der Waals surface area contributed by atoms with E-state index in [1.54, 1.807) is 44.2 Å². The summed E-state index contributed by atoms with van der Waals surface area (Å²) in [5.74, 6) is -0.616. The SMILES string of the molecule is COC(=O)[C@H](NP(=O)(OC[C@H]1O[C@@H](n2cnc3c(N)ncnc32)[C@@H](O)[C@@H]1O)Oc1ccccc1)C(C)C. The minimum absolute atomic E-state index is 0.145. The molecule has 3 heterocycles. The van der Waals surface area contributed by atoms with Gasteiger partial charge in [-0.05, 0) is 18.1 Å². The van der Waals surface area contributed by atoms with Crippen molar-refractivity contribution in [2.24, 2.45) is 5.92 Å². The average molecular weight is 536 g/mol. The van der Waals surface area contributed by atoms with E-state index in [4.69, 9.17) is 24.3 Å². The van der Waals surface area contributed by atoms with E-state index >= 15 is 0 Å². The van der Waals surface area contributed by atoms with Gasteiger partial charge in [0.1, 0.15) is 41.9 Å². The van der Waals surface area contributed by atoms with Gasteiger partial charge in [0.2, 0.25) is 0 Å². The number of para-hydroxylation sites is 1. The van der Waals surface area contributed by atoms with Crippen LogP contribution in [0.1, 0.15) is 20.1 Å². The maximum atomic E-state index is 13.8. The molecule has 6 atom stereocenters. The molecule has 15 heteroatoms. The number of nitrogen functional groups attached to an aromatic ring is 1. The van der Waals surface area contributed by atoms with E-state index < -0.39 is 50.9 Å². The van der Waals surface area contributed by atoms with Crippen molar-refractivity contribution in [3.8, 4) is 5.75 Å². The first-order chi connectivity index (χ1) is 17.6. The zero-order chi connectivity index (χ0) is 26.7. The molecule has 0 radical (unpaired) electrons. The molecule has 1 aliphatic rings. The summed E-state index contributed by atoms with van der Waals surface area (Å²) in [4.78, 5) is 24.4. The van der Waals surface area contributed by atoms with Gasteiger partial charge >= 0.3 is 13.7 Å². The molecule has 0 spiro atoms. The van der Waals surface area contributed by atoms with Gasteiger partial charge in [0.15, 0.2) is 17.7 Å². The van der Waals surface area contributed by atoms with Gasteiger partial charge in [0.05, 0.1) is 20.0 Å². The van der Waals surface area contributed by atoms with E-state index in [-0.39, 0.29) is 17.5 Å². The maximum Gasteiger partial charge on any atom is 0.459 e. The van der Waals surface area contributed by atoms with Gasteiger partial charge in [-0.2, -0.15) is 5.09 Å². The normalized spacial score (nSPS) is 24.2. The second kappa shape index (κ2) is 11.1. The predicted molar refractivity (Wildman–Crippen MR) is 130 cm³/mol. The van der Waals surface area contributed by atoms with Crippen molar-refractivity contribution in [1.82, 2.24) is 24.6 Å². The lowest BCUT2D eigenvalue weighted by Crippen LogP contribution is -2.42. The van der Waals surface area contributed by atoms with E-state index in [9.17, 15) is 19.6 Å². The standard InChI is InChI=1S/C22H29N6O8P/c1-12(2)15(22(31)33-3)27-37(32,36-13-7-5-4-6-8-13)34-9-14-17(29)18(30)21(35-14)28-11-26-16-19(23)24-10-25-20(16)28/h4-8,10-12,14-15,17-18,21,29-30H,9H2,1-3H3,(H,27,32)(H2,23,24,25)/t14-,15-,17-,18+,21-,37?/m1/s1. The lowest BCUT2D eigenvalue weighted by Gasteiger charge is -2.27. The molecule has 1 aromatic carbocycles. The third-order valence-electron chi connectivity index (χ3n) is 5.79. The topological polar surface area (TPSA) is 193 Å². The molecule has 0 amide bonds. The Morgan fingerprint density at radius 3 is 2.62 bits per heavy atom. The summed E-state index contributed by atoms with van der Waals surface area (Å²) in [6.45, 7) is 3.01. The smallest absolute Gasteiger partial charge is 0.459 e. The Morgan fingerprint density at radius 1 is 1.22 bits per heavy atom. The highest BCUT2D eigenvalue weighted by molar-refractivity contribution is 7.52. The molecule has 1 aliphatic heterocycles. The van der Waals surface area contributed by atoms with E-state index in [0.717, 1.165) is 0 Å². The van der Waals surface area contributed by atoms with Crippen molar-refractivity contribution in [3.63, 3.8) is 0 Å². The van der Waals surface area contributed by atoms with E-state index in [1.165, 1.54) is 24.3 Å². The van der Waals surface area contributed by atoms with Gasteiger partial charge in [-0.1, -0.05) is 32.0 Å². The van der Waals surface area contributed by atoms with Gasteiger partial charge in [-0.3, -0.25) is 13.9 Å². The Balaban J connectivity index is 1.54. The molecular formula is C22H29N6O8P. The number of hydrogen-bond acceptors (Lipinski definition) is 12. The number of esters is 1. The minimum atomic E-state index is -4.22. The van der Waals surface area contributed by atoms with Crippen LogP contribution in [0.3, 0.4) is 0 Å². The van der Waals surface area contributed by atoms with E-state index in [2.05, 4.69) is 20.0 Å². The Labute approximate surface area is 212 Å². The van der Waals surface area contributed by atoms with Gasteiger partial charge in [-0.15, -0.1) is 0 Å². The van der Waals surface area contributed by atoms with Crippen LogP contribution in [0.5, 0.6) is 5.75 Å². The summed E-state index contributed by atoms with van der Waals surface area (Å²) in [5.41, 5.74) is 6.42. The molecule has 37 heavy (non-hydrogen) atoms. The second-order valence-corrected chi connectivity index (χ2v) is 10.4. The molecular weight excluding hydrogens is 507 g/mol. The summed E-state index contributed by atoms with van der Waals surface area (Å²) in [5, 5.41) is 24.0. The maximum absolute atomic E-state index is 13.8. The quantitative estimate of drug-likeness (QED) is 0.212. The molecule has 200 valence electrons. The zero-order valence-corrected chi connectivity index (χ0v) is 21.3. The highest BCUT2D eigenvalue weighted by Gasteiger charge is 2.46. The molecule has 1 unspecified atom stereocenters. The monoisotopic (exact) mass is 536 g/mol. The zero-order valence-electron chi connectivity index (χ0n) is 20.4. The van der Waals surface area contributed by atoms with Crippen LogP contribution in [0.15, 0.2) is 43.0 Å². The van der Waals surface area contributed by atoms with Gasteiger partial charge in [0, 0.05) is 0 Å². The van der Waals surface area contributed by atoms with Crippen LogP contribution >= 0.6 is 7.75 Å². The van der Waals surface area contributed by atoms with Crippen molar-refractivity contribution in [3.05, 3.63) is 43.0 Å². The average Bonchev–Trinajstić information content (AvgIpc) is 3.43. The number of carbonyl (C=O) groups is 1. The fourth-order valence-electron chi connectivity index (χ4n) is 3.81. The number of nitrogens with zero attached hydrogens (tertiary/aromatic N) is 4. The first kappa shape index (κ1) is 26.9. The number of nitrogens with two attached hydrogens (primary N) is 1. The Hall–Kier alpha value is -3.13. The summed E-state index contributed by atoms with van der Waals surface area (Å²) in [7, 11) is -3.01. The number of hydrogen-bond donors (Lipinski definition) is 4. The molecule has 0 bridgehead atoms. The van der Waals surface area contributed by atoms with E-state index in [1.807, 2.05) is 0 Å². The highest BCUT2D eigenvalue weighted by atomic mass is 31.2. The number of aliphatic hydroxyl groups is 2. The molecule has 1 fully saturated rings. The number of aliphatic hydroxyl groups excluding tert-OH is 2. The van der Waals surface area contributed by atoms with Crippen LogP contribution in [-0.2, 0) is 23.4 Å². The Kier molecular flexibility index (Phi) is 8.07. The van der Waals surface area contributed by atoms with Crippen LogP contribution in [0, 0.1) is 5.92 Å². The number of fused-ring (bicyclic) bond motifs is 1. The van der Waals surface area contributed by atoms with Crippen LogP contribution in [0.4, 0.5) is 5.82 Å².